The smallest absolute Gasteiger partial charge is 0.251 e. The van der Waals surface area contributed by atoms with Crippen LogP contribution in [0.3, 0.4) is 0 Å². The molecule has 0 unspecified atom stereocenters. The van der Waals surface area contributed by atoms with Gasteiger partial charge in [-0.3, -0.25) is 9.59 Å². The first-order valence-electron chi connectivity index (χ1n) is 11.8. The number of amides is 2. The summed E-state index contributed by atoms with van der Waals surface area (Å²) in [7, 11) is 1.97. The van der Waals surface area contributed by atoms with Gasteiger partial charge in [-0.05, 0) is 86.0 Å². The molecule has 0 aromatic heterocycles. The summed E-state index contributed by atoms with van der Waals surface area (Å²) in [6.45, 7) is 4.79. The lowest BCUT2D eigenvalue weighted by atomic mass is 9.48. The third-order valence-electron chi connectivity index (χ3n) is 9.52. The fourth-order valence-electron chi connectivity index (χ4n) is 7.85. The summed E-state index contributed by atoms with van der Waals surface area (Å²) < 4.78 is 0. The fourth-order valence-corrected chi connectivity index (χ4v) is 8.04. The third kappa shape index (κ3) is 3.16. The van der Waals surface area contributed by atoms with Gasteiger partial charge < -0.3 is 10.2 Å². The summed E-state index contributed by atoms with van der Waals surface area (Å²) in [6, 6.07) is 7.74. The largest absolute Gasteiger partial charge is 0.349 e. The van der Waals surface area contributed by atoms with E-state index in [9.17, 15) is 9.59 Å². The predicted molar refractivity (Wildman–Crippen MR) is 123 cm³/mol. The minimum absolute atomic E-state index is 0.0116. The molecule has 3 fully saturated rings. The van der Waals surface area contributed by atoms with E-state index in [4.69, 9.17) is 11.6 Å². The summed E-state index contributed by atoms with van der Waals surface area (Å²) in [6.07, 6.45) is 10.8. The van der Waals surface area contributed by atoms with Crippen molar-refractivity contribution in [1.82, 2.24) is 10.2 Å². The van der Waals surface area contributed by atoms with Crippen LogP contribution < -0.4 is 5.32 Å². The molecule has 0 radical (unpaired) electrons. The summed E-state index contributed by atoms with van der Waals surface area (Å²) in [4.78, 5) is 27.2. The number of likely N-dealkylation sites (N-methyl/N-ethyl adjacent to an activating group) is 1. The van der Waals surface area contributed by atoms with Crippen molar-refractivity contribution in [2.45, 2.75) is 64.5 Å². The van der Waals surface area contributed by atoms with Crippen molar-refractivity contribution in [3.05, 3.63) is 47.0 Å². The molecule has 166 valence electrons. The minimum Gasteiger partial charge on any atom is -0.349 e. The summed E-state index contributed by atoms with van der Waals surface area (Å²) in [5, 5.41) is 3.97. The number of benzene rings is 1. The van der Waals surface area contributed by atoms with Crippen LogP contribution in [0.15, 0.2) is 36.4 Å². The van der Waals surface area contributed by atoms with Gasteiger partial charge in [-0.15, -0.1) is 0 Å². The van der Waals surface area contributed by atoms with Crippen molar-refractivity contribution in [2.75, 3.05) is 7.05 Å². The highest BCUT2D eigenvalue weighted by atomic mass is 35.5. The maximum Gasteiger partial charge on any atom is 0.251 e. The van der Waals surface area contributed by atoms with Crippen LogP contribution in [0.25, 0.3) is 0 Å². The number of hydrogen-bond acceptors (Lipinski definition) is 2. The number of fused-ring (bicyclic) bond motifs is 5. The summed E-state index contributed by atoms with van der Waals surface area (Å²) >= 11 is 6.10. The molecule has 2 amide bonds. The third-order valence-corrected chi connectivity index (χ3v) is 9.75. The Kier molecular flexibility index (Phi) is 5.00. The molecule has 5 heteroatoms. The van der Waals surface area contributed by atoms with Crippen LogP contribution in [0.1, 0.15) is 62.7 Å². The van der Waals surface area contributed by atoms with Gasteiger partial charge >= 0.3 is 0 Å². The maximum atomic E-state index is 12.9. The minimum atomic E-state index is -0.0116. The maximum absolute atomic E-state index is 12.9. The first kappa shape index (κ1) is 21.1. The second-order valence-corrected chi connectivity index (χ2v) is 11.2. The molecule has 4 nitrogen and oxygen atoms in total. The van der Waals surface area contributed by atoms with Crippen LogP contribution >= 0.6 is 11.6 Å². The zero-order valence-corrected chi connectivity index (χ0v) is 19.5. The molecule has 7 atom stereocenters. The highest BCUT2D eigenvalue weighted by Crippen LogP contribution is 2.63. The molecular formula is C26H33ClN2O2. The monoisotopic (exact) mass is 440 g/mol. The lowest BCUT2D eigenvalue weighted by Gasteiger charge is -2.60. The van der Waals surface area contributed by atoms with Gasteiger partial charge in [0, 0.05) is 35.1 Å². The highest BCUT2D eigenvalue weighted by Gasteiger charge is 2.60. The molecule has 0 saturated heterocycles. The van der Waals surface area contributed by atoms with Gasteiger partial charge in [-0.25, -0.2) is 0 Å². The van der Waals surface area contributed by atoms with Gasteiger partial charge in [0.05, 0.1) is 0 Å². The lowest BCUT2D eigenvalue weighted by molar-refractivity contribution is -0.138. The van der Waals surface area contributed by atoms with Crippen LogP contribution in [-0.4, -0.2) is 35.8 Å². The van der Waals surface area contributed by atoms with E-state index in [-0.39, 0.29) is 28.7 Å². The van der Waals surface area contributed by atoms with Gasteiger partial charge in [0.15, 0.2) is 0 Å². The van der Waals surface area contributed by atoms with E-state index in [1.807, 2.05) is 24.1 Å². The molecular weight excluding hydrogens is 408 g/mol. The highest BCUT2D eigenvalue weighted by molar-refractivity contribution is 6.30. The van der Waals surface area contributed by atoms with Crippen molar-refractivity contribution >= 4 is 23.4 Å². The second kappa shape index (κ2) is 7.37. The van der Waals surface area contributed by atoms with E-state index in [0.717, 1.165) is 19.3 Å². The Bertz CT molecular complexity index is 945. The van der Waals surface area contributed by atoms with E-state index in [0.29, 0.717) is 34.4 Å². The molecule has 31 heavy (non-hydrogen) atoms. The Morgan fingerprint density at radius 1 is 1.13 bits per heavy atom. The first-order chi connectivity index (χ1) is 14.7. The zero-order valence-electron chi connectivity index (χ0n) is 18.7. The lowest BCUT2D eigenvalue weighted by Crippen LogP contribution is -2.60. The quantitative estimate of drug-likeness (QED) is 0.697. The molecule has 3 aliphatic carbocycles. The van der Waals surface area contributed by atoms with Gasteiger partial charge in [-0.2, -0.15) is 0 Å². The Hall–Kier alpha value is -1.81. The molecule has 0 spiro atoms. The molecule has 1 aromatic carbocycles. The van der Waals surface area contributed by atoms with Crippen LogP contribution in [0.4, 0.5) is 0 Å². The first-order valence-corrected chi connectivity index (χ1v) is 12.1. The number of carbonyl (C=O) groups is 2. The predicted octanol–water partition coefficient (Wildman–Crippen LogP) is 5.08. The molecule has 4 aliphatic rings. The molecule has 5 rings (SSSR count). The molecule has 3 saturated carbocycles. The van der Waals surface area contributed by atoms with E-state index >= 15 is 0 Å². The normalized spacial score (nSPS) is 41.4. The second-order valence-electron chi connectivity index (χ2n) is 10.8. The number of hydrogen-bond donors (Lipinski definition) is 1. The van der Waals surface area contributed by atoms with Crippen LogP contribution in [-0.2, 0) is 4.79 Å². The molecule has 1 aromatic rings. The number of halogens is 1. The fraction of sp³-hybridized carbons (Fsp3) is 0.615. The van der Waals surface area contributed by atoms with Crippen molar-refractivity contribution in [2.24, 2.45) is 28.6 Å². The number of carbonyl (C=O) groups excluding carboxylic acids is 2. The summed E-state index contributed by atoms with van der Waals surface area (Å²) in [5.74, 6) is 2.04. The topological polar surface area (TPSA) is 49.4 Å². The molecule has 1 aliphatic heterocycles. The zero-order chi connectivity index (χ0) is 22.0. The number of nitrogens with zero attached hydrogens (tertiary/aromatic N) is 1. The average molecular weight is 441 g/mol. The Labute approximate surface area is 190 Å². The van der Waals surface area contributed by atoms with E-state index in [1.165, 1.54) is 19.3 Å². The Balaban J connectivity index is 1.37. The Morgan fingerprint density at radius 2 is 1.94 bits per heavy atom. The van der Waals surface area contributed by atoms with Crippen LogP contribution in [0.5, 0.6) is 0 Å². The SMILES string of the molecule is CN1C(=O)C=C[C@]2(C)[C@H]3CC[C@]4(C)[C@@H](NC(=O)c5cccc(Cl)c5)CC[C@H]4[C@@H]3CC[C@@H]12. The van der Waals surface area contributed by atoms with Gasteiger partial charge in [0.2, 0.25) is 5.91 Å². The van der Waals surface area contributed by atoms with Gasteiger partial charge in [-0.1, -0.05) is 37.6 Å². The van der Waals surface area contributed by atoms with Crippen molar-refractivity contribution in [3.63, 3.8) is 0 Å². The van der Waals surface area contributed by atoms with Gasteiger partial charge in [0.25, 0.3) is 5.91 Å². The van der Waals surface area contributed by atoms with Crippen LogP contribution in [0, 0.1) is 28.6 Å². The van der Waals surface area contributed by atoms with E-state index in [2.05, 4.69) is 25.2 Å². The van der Waals surface area contributed by atoms with E-state index < -0.39 is 0 Å². The van der Waals surface area contributed by atoms with Crippen molar-refractivity contribution in [3.8, 4) is 0 Å². The van der Waals surface area contributed by atoms with E-state index in [1.54, 1.807) is 18.2 Å². The number of rotatable bonds is 2. The van der Waals surface area contributed by atoms with Crippen molar-refractivity contribution in [1.29, 1.82) is 0 Å². The van der Waals surface area contributed by atoms with Crippen molar-refractivity contribution < 1.29 is 9.59 Å². The molecule has 1 heterocycles. The number of nitrogens with one attached hydrogen (secondary N) is 1. The van der Waals surface area contributed by atoms with Crippen LogP contribution in [0.2, 0.25) is 5.02 Å². The average Bonchev–Trinajstić information content (AvgIpc) is 3.07. The van der Waals surface area contributed by atoms with Gasteiger partial charge in [0.1, 0.15) is 0 Å². The summed E-state index contributed by atoms with van der Waals surface area (Å²) in [5.41, 5.74) is 0.842. The standard InChI is InChI=1S/C26H33ClN2O2/c1-25-13-11-20-18(7-10-22-26(20,2)14-12-23(30)29(22)3)19(25)8-9-21(25)28-24(31)16-5-4-6-17(27)15-16/h4-6,12,14-15,18-22H,7-11,13H2,1-3H3,(H,28,31)/t18-,19-,20-,21-,22+,25-,26+/m0/s1. The molecule has 1 N–H and O–H groups in total. The Morgan fingerprint density at radius 3 is 2.71 bits per heavy atom. The molecule has 0 bridgehead atoms.